The van der Waals surface area contributed by atoms with E-state index < -0.39 is 11.0 Å². The fourth-order valence-corrected chi connectivity index (χ4v) is 3.27. The van der Waals surface area contributed by atoms with E-state index in [1.807, 2.05) is 13.8 Å². The number of piperazine rings is 1. The van der Waals surface area contributed by atoms with Crippen molar-refractivity contribution in [2.75, 3.05) is 13.1 Å². The number of carbonyl (C=O) groups is 1. The summed E-state index contributed by atoms with van der Waals surface area (Å²) in [5.41, 5.74) is 1.41. The van der Waals surface area contributed by atoms with Crippen molar-refractivity contribution in [2.45, 2.75) is 32.5 Å². The lowest BCUT2D eigenvalue weighted by atomic mass is 10.1. The molecule has 1 amide bonds. The molecule has 8 nitrogen and oxygen atoms in total. The molecule has 1 aromatic heterocycles. The smallest absolute Gasteiger partial charge is 0.407 e. The van der Waals surface area contributed by atoms with Crippen LogP contribution in [0, 0.1) is 10.1 Å². The minimum atomic E-state index is -0.919. The Hall–Kier alpha value is -2.61. The Labute approximate surface area is 138 Å². The maximum absolute atomic E-state index is 11.3. The zero-order valence-corrected chi connectivity index (χ0v) is 13.5. The first-order valence-electron chi connectivity index (χ1n) is 7.75. The van der Waals surface area contributed by atoms with E-state index in [0.29, 0.717) is 30.6 Å². The van der Waals surface area contributed by atoms with Crippen LogP contribution in [0.2, 0.25) is 0 Å². The molecule has 0 bridgehead atoms. The van der Waals surface area contributed by atoms with Gasteiger partial charge in [-0.1, -0.05) is 0 Å². The first-order chi connectivity index (χ1) is 11.4. The molecule has 0 radical (unpaired) electrons. The molecule has 1 aromatic carbocycles. The number of hydrogen-bond donors (Lipinski definition) is 1. The van der Waals surface area contributed by atoms with Gasteiger partial charge in [-0.05, 0) is 19.9 Å². The molecule has 8 heteroatoms. The topological polar surface area (TPSA) is 100 Å². The molecule has 1 aliphatic rings. The van der Waals surface area contributed by atoms with Crippen molar-refractivity contribution in [3.63, 3.8) is 0 Å². The van der Waals surface area contributed by atoms with Gasteiger partial charge in [-0.2, -0.15) is 0 Å². The van der Waals surface area contributed by atoms with E-state index in [4.69, 9.17) is 4.42 Å². The first kappa shape index (κ1) is 16.3. The summed E-state index contributed by atoms with van der Waals surface area (Å²) in [6, 6.07) is 4.62. The van der Waals surface area contributed by atoms with Crippen LogP contribution in [0.4, 0.5) is 10.5 Å². The van der Waals surface area contributed by atoms with E-state index in [-0.39, 0.29) is 17.8 Å². The lowest BCUT2D eigenvalue weighted by Crippen LogP contribution is -2.57. The molecule has 1 saturated heterocycles. The van der Waals surface area contributed by atoms with Crippen LogP contribution in [-0.4, -0.2) is 51.1 Å². The number of benzene rings is 1. The molecule has 0 saturated carbocycles. The van der Waals surface area contributed by atoms with Crippen LogP contribution in [0.25, 0.3) is 11.0 Å². The standard InChI is InChI=1S/C16H19N3O5/c1-10-8-18(16(20)21)11(2)7-17(10)9-13-6-14(19(22)23)5-12-3-4-24-15(12)13/h3-6,10-11H,7-9H2,1-2H3,(H,20,21)/t10-,11+/m0/s1. The second kappa shape index (κ2) is 6.12. The Morgan fingerprint density at radius 3 is 2.79 bits per heavy atom. The van der Waals surface area contributed by atoms with Gasteiger partial charge in [0.1, 0.15) is 5.58 Å². The average molecular weight is 333 g/mol. The van der Waals surface area contributed by atoms with Gasteiger partial charge in [0.25, 0.3) is 5.69 Å². The molecule has 2 atom stereocenters. The largest absolute Gasteiger partial charge is 0.465 e. The van der Waals surface area contributed by atoms with Crippen LogP contribution in [0.1, 0.15) is 19.4 Å². The number of non-ortho nitro benzene ring substituents is 1. The van der Waals surface area contributed by atoms with Gasteiger partial charge in [-0.3, -0.25) is 15.0 Å². The molecular formula is C16H19N3O5. The Morgan fingerprint density at radius 2 is 2.12 bits per heavy atom. The normalized spacial score (nSPS) is 22.0. The van der Waals surface area contributed by atoms with E-state index in [1.165, 1.54) is 23.3 Å². The molecule has 0 unspecified atom stereocenters. The van der Waals surface area contributed by atoms with Crippen molar-refractivity contribution in [1.82, 2.24) is 9.80 Å². The Balaban J connectivity index is 1.88. The van der Waals surface area contributed by atoms with Crippen LogP contribution in [0.15, 0.2) is 28.9 Å². The Bertz CT molecular complexity index is 787. The quantitative estimate of drug-likeness (QED) is 0.685. The lowest BCUT2D eigenvalue weighted by molar-refractivity contribution is -0.384. The third-order valence-electron chi connectivity index (χ3n) is 4.56. The van der Waals surface area contributed by atoms with E-state index in [2.05, 4.69) is 4.90 Å². The highest BCUT2D eigenvalue weighted by Crippen LogP contribution is 2.28. The molecule has 24 heavy (non-hydrogen) atoms. The molecule has 2 heterocycles. The van der Waals surface area contributed by atoms with Gasteiger partial charge in [0.05, 0.1) is 11.2 Å². The highest BCUT2D eigenvalue weighted by molar-refractivity contribution is 5.83. The summed E-state index contributed by atoms with van der Waals surface area (Å²) < 4.78 is 5.49. The van der Waals surface area contributed by atoms with Gasteiger partial charge in [0, 0.05) is 54.8 Å². The minimum Gasteiger partial charge on any atom is -0.465 e. The second-order valence-electron chi connectivity index (χ2n) is 6.26. The van der Waals surface area contributed by atoms with Gasteiger partial charge in [-0.25, -0.2) is 4.79 Å². The summed E-state index contributed by atoms with van der Waals surface area (Å²) in [7, 11) is 0. The summed E-state index contributed by atoms with van der Waals surface area (Å²) in [6.07, 6.45) is 0.601. The van der Waals surface area contributed by atoms with E-state index in [0.717, 1.165) is 5.56 Å². The summed E-state index contributed by atoms with van der Waals surface area (Å²) in [4.78, 5) is 25.5. The van der Waals surface area contributed by atoms with Gasteiger partial charge in [0.2, 0.25) is 0 Å². The van der Waals surface area contributed by atoms with Crippen molar-refractivity contribution in [3.05, 3.63) is 40.1 Å². The predicted molar refractivity (Wildman–Crippen MR) is 86.9 cm³/mol. The predicted octanol–water partition coefficient (Wildman–Crippen LogP) is 2.91. The number of fused-ring (bicyclic) bond motifs is 1. The highest BCUT2D eigenvalue weighted by atomic mass is 16.6. The van der Waals surface area contributed by atoms with Crippen molar-refractivity contribution in [3.8, 4) is 0 Å². The molecule has 1 fully saturated rings. The summed E-state index contributed by atoms with van der Waals surface area (Å²) >= 11 is 0. The van der Waals surface area contributed by atoms with Crippen LogP contribution in [-0.2, 0) is 6.54 Å². The summed E-state index contributed by atoms with van der Waals surface area (Å²) in [5, 5.41) is 21.1. The molecule has 1 N–H and O–H groups in total. The molecule has 3 rings (SSSR count). The van der Waals surface area contributed by atoms with Gasteiger partial charge >= 0.3 is 6.09 Å². The number of furan rings is 1. The van der Waals surface area contributed by atoms with Crippen molar-refractivity contribution < 1.29 is 19.2 Å². The number of nitro groups is 1. The fraction of sp³-hybridized carbons (Fsp3) is 0.438. The number of hydrogen-bond acceptors (Lipinski definition) is 5. The number of carboxylic acid groups (broad SMARTS) is 1. The minimum absolute atomic E-state index is 0.0153. The third kappa shape index (κ3) is 2.92. The van der Waals surface area contributed by atoms with Crippen molar-refractivity contribution in [2.24, 2.45) is 0 Å². The van der Waals surface area contributed by atoms with Gasteiger partial charge in [0.15, 0.2) is 0 Å². The maximum atomic E-state index is 11.3. The number of amides is 1. The molecule has 128 valence electrons. The molecular weight excluding hydrogens is 314 g/mol. The molecule has 1 aliphatic heterocycles. The highest BCUT2D eigenvalue weighted by Gasteiger charge is 2.32. The van der Waals surface area contributed by atoms with Gasteiger partial charge < -0.3 is 14.4 Å². The van der Waals surface area contributed by atoms with E-state index in [9.17, 15) is 20.0 Å². The first-order valence-corrected chi connectivity index (χ1v) is 7.75. The monoisotopic (exact) mass is 333 g/mol. The molecule has 0 spiro atoms. The zero-order chi connectivity index (χ0) is 17.4. The van der Waals surface area contributed by atoms with Gasteiger partial charge in [-0.15, -0.1) is 0 Å². The maximum Gasteiger partial charge on any atom is 0.407 e. The van der Waals surface area contributed by atoms with E-state index >= 15 is 0 Å². The van der Waals surface area contributed by atoms with Crippen molar-refractivity contribution >= 4 is 22.7 Å². The Kier molecular flexibility index (Phi) is 4.15. The lowest BCUT2D eigenvalue weighted by Gasteiger charge is -2.42. The Morgan fingerprint density at radius 1 is 1.38 bits per heavy atom. The molecule has 0 aliphatic carbocycles. The second-order valence-corrected chi connectivity index (χ2v) is 6.26. The fourth-order valence-electron chi connectivity index (χ4n) is 3.27. The third-order valence-corrected chi connectivity index (χ3v) is 4.56. The van der Waals surface area contributed by atoms with Crippen molar-refractivity contribution in [1.29, 1.82) is 0 Å². The van der Waals surface area contributed by atoms with Crippen LogP contribution < -0.4 is 0 Å². The van der Waals surface area contributed by atoms with Crippen LogP contribution in [0.3, 0.4) is 0 Å². The molecule has 2 aromatic rings. The SMILES string of the molecule is C[C@@H]1CN(Cc2cc([N+](=O)[O-])cc3ccoc23)[C@@H](C)CN1C(=O)O. The summed E-state index contributed by atoms with van der Waals surface area (Å²) in [5.74, 6) is 0. The number of nitro benzene ring substituents is 1. The van der Waals surface area contributed by atoms with E-state index in [1.54, 1.807) is 6.07 Å². The van der Waals surface area contributed by atoms with Crippen LogP contribution >= 0.6 is 0 Å². The number of nitrogens with zero attached hydrogens (tertiary/aromatic N) is 3. The summed E-state index contributed by atoms with van der Waals surface area (Å²) in [6.45, 7) is 5.27. The average Bonchev–Trinajstić information content (AvgIpc) is 2.98. The van der Waals surface area contributed by atoms with Crippen LogP contribution in [0.5, 0.6) is 0 Å². The zero-order valence-electron chi connectivity index (χ0n) is 13.5. The number of rotatable bonds is 3.